The third-order valence-electron chi connectivity index (χ3n) is 6.95. The molecular weight excluding hydrogens is 582 g/mol. The van der Waals surface area contributed by atoms with Crippen LogP contribution in [0.4, 0.5) is 0 Å². The lowest BCUT2D eigenvalue weighted by molar-refractivity contribution is -0.135. The Morgan fingerprint density at radius 3 is 1.91 bits per heavy atom. The number of benzene rings is 1. The Balaban J connectivity index is 3.19. The van der Waals surface area contributed by atoms with Gasteiger partial charge in [0.05, 0.1) is 13.2 Å². The van der Waals surface area contributed by atoms with Gasteiger partial charge < -0.3 is 43.2 Å². The molecule has 14 nitrogen and oxygen atoms in total. The Morgan fingerprint density at radius 2 is 1.33 bits per heavy atom. The van der Waals surface area contributed by atoms with Gasteiger partial charge in [-0.25, -0.2) is 0 Å². The van der Waals surface area contributed by atoms with Crippen LogP contribution < -0.4 is 38.1 Å². The number of amides is 6. The third-order valence-corrected chi connectivity index (χ3v) is 6.95. The first-order valence-corrected chi connectivity index (χ1v) is 15.5. The topological polar surface area (TPSA) is 235 Å². The third kappa shape index (κ3) is 16.0. The molecule has 0 heterocycles. The summed E-state index contributed by atoms with van der Waals surface area (Å²) in [5.41, 5.74) is 11.5. The monoisotopic (exact) mass is 633 g/mol. The van der Waals surface area contributed by atoms with Crippen LogP contribution in [0, 0.1) is 5.92 Å². The van der Waals surface area contributed by atoms with Gasteiger partial charge >= 0.3 is 0 Å². The maximum Gasteiger partial charge on any atom is 0.245 e. The predicted octanol–water partition coefficient (Wildman–Crippen LogP) is -0.873. The molecule has 6 amide bonds. The molecule has 0 spiro atoms. The molecule has 1 aromatic rings. The molecule has 0 fully saturated rings. The minimum absolute atomic E-state index is 0.0408. The van der Waals surface area contributed by atoms with Crippen LogP contribution in [0.15, 0.2) is 30.3 Å². The fraction of sp³-hybridized carbons (Fsp3) is 0.613. The average molecular weight is 634 g/mol. The van der Waals surface area contributed by atoms with Crippen LogP contribution in [0.5, 0.6) is 0 Å². The number of primary amides is 1. The normalized spacial score (nSPS) is 13.6. The molecular formula is C31H51N7O7. The summed E-state index contributed by atoms with van der Waals surface area (Å²) in [6, 6.07) is 3.88. The fourth-order valence-electron chi connectivity index (χ4n) is 4.44. The van der Waals surface area contributed by atoms with Crippen molar-refractivity contribution in [2.45, 2.75) is 96.3 Å². The van der Waals surface area contributed by atoms with E-state index < -0.39 is 66.9 Å². The van der Waals surface area contributed by atoms with Crippen molar-refractivity contribution in [3.8, 4) is 0 Å². The van der Waals surface area contributed by atoms with Crippen molar-refractivity contribution in [1.29, 1.82) is 0 Å². The predicted molar refractivity (Wildman–Crippen MR) is 169 cm³/mol. The Labute approximate surface area is 265 Å². The molecule has 14 heteroatoms. The highest BCUT2D eigenvalue weighted by Crippen LogP contribution is 2.08. The molecule has 45 heavy (non-hydrogen) atoms. The first-order chi connectivity index (χ1) is 21.4. The molecule has 0 bridgehead atoms. The van der Waals surface area contributed by atoms with Crippen molar-refractivity contribution < 1.29 is 33.9 Å². The van der Waals surface area contributed by atoms with E-state index in [0.29, 0.717) is 12.0 Å². The van der Waals surface area contributed by atoms with Crippen molar-refractivity contribution in [2.75, 3.05) is 19.7 Å². The molecule has 0 saturated carbocycles. The molecule has 0 aromatic heterocycles. The molecule has 1 rings (SSSR count). The molecule has 0 saturated heterocycles. The van der Waals surface area contributed by atoms with Crippen LogP contribution in [0.2, 0.25) is 0 Å². The van der Waals surface area contributed by atoms with Gasteiger partial charge in [0.15, 0.2) is 0 Å². The minimum Gasteiger partial charge on any atom is -0.394 e. The Hall–Kier alpha value is -4.04. The summed E-state index contributed by atoms with van der Waals surface area (Å²) in [5.74, 6) is -4.09. The van der Waals surface area contributed by atoms with E-state index >= 15 is 0 Å². The van der Waals surface area contributed by atoms with Crippen LogP contribution in [0.3, 0.4) is 0 Å². The first kappa shape index (κ1) is 39.0. The van der Waals surface area contributed by atoms with Crippen molar-refractivity contribution >= 4 is 35.4 Å². The molecule has 0 radical (unpaired) electrons. The number of aliphatic hydroxyl groups is 1. The van der Waals surface area contributed by atoms with Gasteiger partial charge in [0, 0.05) is 19.4 Å². The van der Waals surface area contributed by atoms with E-state index in [2.05, 4.69) is 33.5 Å². The molecule has 0 aliphatic carbocycles. The number of nitrogens with two attached hydrogens (primary N) is 2. The summed E-state index contributed by atoms with van der Waals surface area (Å²) in [4.78, 5) is 76.3. The number of unbranched alkanes of at least 4 members (excludes halogenated alkanes) is 4. The van der Waals surface area contributed by atoms with Gasteiger partial charge in [0.25, 0.3) is 0 Å². The average Bonchev–Trinajstić information content (AvgIpc) is 3.00. The van der Waals surface area contributed by atoms with Gasteiger partial charge in [-0.05, 0) is 24.3 Å². The number of carbonyl (C=O) groups excluding carboxylic acids is 6. The summed E-state index contributed by atoms with van der Waals surface area (Å²) in [5, 5.41) is 22.3. The number of nitrogens with one attached hydrogen (secondary N) is 5. The van der Waals surface area contributed by atoms with Gasteiger partial charge in [0.1, 0.15) is 24.2 Å². The zero-order valence-corrected chi connectivity index (χ0v) is 26.6. The zero-order valence-electron chi connectivity index (χ0n) is 26.6. The second-order valence-corrected chi connectivity index (χ2v) is 11.4. The summed E-state index contributed by atoms with van der Waals surface area (Å²) >= 11 is 0. The van der Waals surface area contributed by atoms with E-state index in [1.54, 1.807) is 30.3 Å². The second kappa shape index (κ2) is 21.6. The number of aliphatic hydroxyl groups excluding tert-OH is 1. The lowest BCUT2D eigenvalue weighted by Crippen LogP contribution is -2.61. The molecule has 2 unspecified atom stereocenters. The molecule has 252 valence electrons. The second-order valence-electron chi connectivity index (χ2n) is 11.4. The van der Waals surface area contributed by atoms with Crippen LogP contribution in [-0.4, -0.2) is 84.4 Å². The van der Waals surface area contributed by atoms with Crippen LogP contribution >= 0.6 is 0 Å². The summed E-state index contributed by atoms with van der Waals surface area (Å²) < 4.78 is 0. The maximum absolute atomic E-state index is 13.6. The van der Waals surface area contributed by atoms with E-state index in [1.807, 2.05) is 13.8 Å². The van der Waals surface area contributed by atoms with E-state index in [4.69, 9.17) is 11.5 Å². The van der Waals surface area contributed by atoms with Crippen LogP contribution in [-0.2, 0) is 35.2 Å². The SMILES string of the molecule is CCCCCCCC(=O)NCC(NC(=O)[C@H](CO)NC(=O)CN)C(=O)N[C@@H](Cc1ccccc1)C(=O)NC(CC(C)C)C(N)=O. The highest BCUT2D eigenvalue weighted by Gasteiger charge is 2.31. The lowest BCUT2D eigenvalue weighted by atomic mass is 10.0. The van der Waals surface area contributed by atoms with Crippen molar-refractivity contribution in [3.63, 3.8) is 0 Å². The quantitative estimate of drug-likeness (QED) is 0.0745. The van der Waals surface area contributed by atoms with Gasteiger partial charge in [-0.2, -0.15) is 0 Å². The number of rotatable bonds is 22. The van der Waals surface area contributed by atoms with Gasteiger partial charge in [-0.15, -0.1) is 0 Å². The summed E-state index contributed by atoms with van der Waals surface area (Å²) in [6.45, 7) is 4.29. The Morgan fingerprint density at radius 1 is 0.756 bits per heavy atom. The molecule has 0 aliphatic heterocycles. The number of hydrogen-bond acceptors (Lipinski definition) is 8. The largest absolute Gasteiger partial charge is 0.394 e. The van der Waals surface area contributed by atoms with Crippen LogP contribution in [0.1, 0.15) is 71.3 Å². The fourth-order valence-corrected chi connectivity index (χ4v) is 4.44. The van der Waals surface area contributed by atoms with Gasteiger partial charge in [-0.1, -0.05) is 76.8 Å². The first-order valence-electron chi connectivity index (χ1n) is 15.5. The molecule has 4 atom stereocenters. The molecule has 1 aromatic carbocycles. The zero-order chi connectivity index (χ0) is 33.8. The minimum atomic E-state index is -1.42. The van der Waals surface area contributed by atoms with E-state index in [-0.39, 0.29) is 37.6 Å². The molecule has 10 N–H and O–H groups in total. The van der Waals surface area contributed by atoms with Crippen molar-refractivity contribution in [3.05, 3.63) is 35.9 Å². The van der Waals surface area contributed by atoms with Gasteiger partial charge in [0.2, 0.25) is 35.4 Å². The lowest BCUT2D eigenvalue weighted by Gasteiger charge is -2.26. The van der Waals surface area contributed by atoms with Crippen LogP contribution in [0.25, 0.3) is 0 Å². The van der Waals surface area contributed by atoms with E-state index in [1.165, 1.54) is 0 Å². The maximum atomic E-state index is 13.6. The van der Waals surface area contributed by atoms with Gasteiger partial charge in [-0.3, -0.25) is 28.8 Å². The standard InChI is InChI=1S/C31H51N7O7/c1-4-5-6-7-11-14-26(40)34-18-24(38-31(45)25(19-39)35-27(41)17-32)30(44)37-23(16-21-12-9-8-10-13-21)29(43)36-22(28(33)42)15-20(2)3/h8-10,12-13,20,22-25,39H,4-7,11,14-19,32H2,1-3H3,(H2,33,42)(H,34,40)(H,35,41)(H,36,43)(H,37,44)(H,38,45)/t22?,23-,24?,25-/m0/s1. The van der Waals surface area contributed by atoms with Crippen molar-refractivity contribution in [2.24, 2.45) is 17.4 Å². The van der Waals surface area contributed by atoms with E-state index in [9.17, 15) is 33.9 Å². The summed E-state index contributed by atoms with van der Waals surface area (Å²) in [6.07, 6.45) is 5.21. The smallest absolute Gasteiger partial charge is 0.245 e. The van der Waals surface area contributed by atoms with Crippen molar-refractivity contribution in [1.82, 2.24) is 26.6 Å². The molecule has 0 aliphatic rings. The highest BCUT2D eigenvalue weighted by atomic mass is 16.3. The summed E-state index contributed by atoms with van der Waals surface area (Å²) in [7, 11) is 0. The number of carbonyl (C=O) groups is 6. The highest BCUT2D eigenvalue weighted by molar-refractivity contribution is 5.96. The Bertz CT molecular complexity index is 1100. The number of hydrogen-bond donors (Lipinski definition) is 8. The Kier molecular flexibility index (Phi) is 18.7. The van der Waals surface area contributed by atoms with E-state index in [0.717, 1.165) is 25.7 Å².